The molecule has 6 saturated heterocycles. The van der Waals surface area contributed by atoms with Crippen molar-refractivity contribution in [2.24, 2.45) is 0 Å². The van der Waals surface area contributed by atoms with Gasteiger partial charge in [-0.05, 0) is 38.0 Å². The average Bonchev–Trinajstić information content (AvgIpc) is 1.61. The first-order valence-corrected chi connectivity index (χ1v) is 42.3. The van der Waals surface area contributed by atoms with E-state index in [-0.39, 0.29) is 30.2 Å². The van der Waals surface area contributed by atoms with E-state index in [0.29, 0.717) is 58.7 Å². The zero-order valence-electron chi connectivity index (χ0n) is 63.2. The second kappa shape index (κ2) is 37.6. The third kappa shape index (κ3) is 20.4. The lowest BCUT2D eigenvalue weighted by Gasteiger charge is -2.26. The van der Waals surface area contributed by atoms with Crippen molar-refractivity contribution < 1.29 is 119 Å². The number of imidazole rings is 3. The molecule has 43 nitrogen and oxygen atoms in total. The van der Waals surface area contributed by atoms with Crippen molar-refractivity contribution in [1.29, 1.82) is 0 Å². The molecule has 18 atom stereocenters. The van der Waals surface area contributed by atoms with Crippen LogP contribution in [0.25, 0.3) is 39.6 Å². The molecule has 0 aliphatic carbocycles. The number of hydrogen-bond acceptors (Lipinski definition) is 32. The Morgan fingerprint density at radius 3 is 1.13 bits per heavy atom. The minimum Gasteiger partial charge on any atom is -0.778 e. The first kappa shape index (κ1) is 84.6. The summed E-state index contributed by atoms with van der Waals surface area (Å²) in [5.74, 6) is -2.47. The topological polar surface area (TPSA) is 560 Å². The minimum atomic E-state index is -4.67. The highest BCUT2D eigenvalue weighted by Crippen LogP contribution is 2.50. The van der Waals surface area contributed by atoms with E-state index in [1.54, 1.807) is 64.8 Å². The Labute approximate surface area is 675 Å². The number of rotatable bonds is 28. The summed E-state index contributed by atoms with van der Waals surface area (Å²) in [6.45, 7) is 5.39. The van der Waals surface area contributed by atoms with E-state index in [0.717, 1.165) is 16.7 Å². The molecule has 12 heterocycles. The largest absolute Gasteiger partial charge is 0.778 e. The maximum atomic E-state index is 12.8. The number of aliphatic carboxylic acids is 2. The van der Waals surface area contributed by atoms with Crippen LogP contribution in [-0.4, -0.2) is 212 Å². The summed E-state index contributed by atoms with van der Waals surface area (Å²) in [4.78, 5) is 133. The maximum Gasteiger partial charge on any atom is 0.320 e. The van der Waals surface area contributed by atoms with Crippen LogP contribution in [0.5, 0.6) is 0 Å². The van der Waals surface area contributed by atoms with Crippen LogP contribution in [0.15, 0.2) is 165 Å². The summed E-state index contributed by atoms with van der Waals surface area (Å²) >= 11 is 0. The van der Waals surface area contributed by atoms with Gasteiger partial charge in [-0.3, -0.25) is 39.2 Å². The Kier molecular flexibility index (Phi) is 26.7. The fourth-order valence-electron chi connectivity index (χ4n) is 13.6. The number of carbonyl (C=O) groups is 5. The first-order chi connectivity index (χ1) is 57.4. The molecular weight excluding hydrogens is 1620 g/mol. The zero-order valence-corrected chi connectivity index (χ0v) is 65.9. The van der Waals surface area contributed by atoms with Gasteiger partial charge in [0.05, 0.1) is 38.8 Å². The van der Waals surface area contributed by atoms with Crippen molar-refractivity contribution in [3.8, 4) is 0 Å². The van der Waals surface area contributed by atoms with Gasteiger partial charge < -0.3 is 111 Å². The van der Waals surface area contributed by atoms with Gasteiger partial charge >= 0.3 is 30.0 Å². The molecule has 6 amide bonds. The fraction of sp³-hybridized carbons (Fsp3) is 0.370. The molecule has 16 rings (SSSR count). The lowest BCUT2D eigenvalue weighted by atomic mass is 10.1. The maximum absolute atomic E-state index is 12.8. The number of aromatic nitrogens is 12. The highest BCUT2D eigenvalue weighted by molar-refractivity contribution is 7.52. The quantitative estimate of drug-likeness (QED) is 0.0282. The van der Waals surface area contributed by atoms with E-state index < -0.39 is 171 Å². The van der Waals surface area contributed by atoms with Crippen LogP contribution in [0.3, 0.4) is 0 Å². The Morgan fingerprint density at radius 1 is 0.429 bits per heavy atom. The summed E-state index contributed by atoms with van der Waals surface area (Å²) < 4.78 is 113. The highest BCUT2D eigenvalue weighted by atomic mass is 31.2. The van der Waals surface area contributed by atoms with Crippen LogP contribution in [0.4, 0.5) is 31.8 Å². The molecule has 8 N–H and O–H groups in total. The summed E-state index contributed by atoms with van der Waals surface area (Å²) in [5, 5.41) is 33.5. The number of nitrogens with one attached hydrogen (secondary N) is 6. The Bertz CT molecular complexity index is 5210. The van der Waals surface area contributed by atoms with Gasteiger partial charge in [-0.1, -0.05) is 127 Å². The van der Waals surface area contributed by atoms with Crippen LogP contribution < -0.4 is 46.6 Å². The second-order valence-corrected chi connectivity index (χ2v) is 32.4. The van der Waals surface area contributed by atoms with Gasteiger partial charge in [-0.2, -0.15) is 0 Å². The average molecular weight is 1700 g/mol. The number of anilines is 3. The summed E-state index contributed by atoms with van der Waals surface area (Å²) in [6.07, 6.45) is -2.38. The summed E-state index contributed by atoms with van der Waals surface area (Å²) in [7, 11) is -13.6. The van der Waals surface area contributed by atoms with Crippen LogP contribution in [0.1, 0.15) is 74.3 Å². The zero-order chi connectivity index (χ0) is 83.5. The molecule has 0 saturated carbocycles. The van der Waals surface area contributed by atoms with Crippen molar-refractivity contribution in [1.82, 2.24) is 74.5 Å². The summed E-state index contributed by atoms with van der Waals surface area (Å²) in [5.41, 5.74) is 5.05. The number of carboxylic acids is 2. The lowest BCUT2D eigenvalue weighted by Crippen LogP contribution is -2.32. The standard InChI is InChI=1S/C29H31N6O7P.2C22H25N6O9P/c1-2-30-29(36)34-26-23-27(32-17-31-26)35(18-33-23)28-25-24(41-22(42-25)14-13-19-9-5-3-6-10-19)21(40-28)15-39-43(37,38)16-20-11-7-4-8-12-20;2*1-2-23-22(31)27-18-15-19(25-10-24-18)28(11-26-15)20-17-16(36-21(37-17)12-6-4-3-5-7-12)13(35-20)8-34-38(32,33)9-14(29)30/h3-14,17-18,21-22,24-25,28H,2,15-16H2,1H3,(H,37,38)(H2,30,31,32,34,36);2*3-7,10-11,13,16-17,20-21H,2,8-9H2,1H3,(H,29,30)(H,32,33)(H2,23,24,25,27,31)/p-3/b14-13+;;/t21-,22+,24?,25+,28-;13-,16?,17+,20-,21+;13-,16?,17+,20-,21-/m111/s1. The van der Waals surface area contributed by atoms with Gasteiger partial charge in [0.2, 0.25) is 0 Å². The predicted molar refractivity (Wildman–Crippen MR) is 408 cm³/mol. The van der Waals surface area contributed by atoms with E-state index in [1.807, 2.05) is 103 Å². The van der Waals surface area contributed by atoms with E-state index in [9.17, 15) is 52.3 Å². The first-order valence-electron chi connectivity index (χ1n) is 37.1. The van der Waals surface area contributed by atoms with Crippen molar-refractivity contribution in [3.05, 3.63) is 188 Å². The minimum absolute atomic E-state index is 0.181. The SMILES string of the molecule is CCNC(=O)Nc1ncnc2c1ncn2[C@@H]1O[C@H](COP(=O)([O-])CC(=O)O)C2O[C@@H](c3ccccc3)O[C@@H]21.CCNC(=O)Nc1ncnc2c1ncn2[C@@H]1O[C@H](COP(=O)([O-])CC(=O)O)C2O[C@H](c3ccccc3)O[C@@H]21.CCNC(=O)Nc1ncnc2c1ncn2[C@@H]1O[C@H](COP(=O)([O-])Cc2ccccc2)C2O[C@H](/C=C/c3ccccc3)O[C@@H]21. The Balaban J connectivity index is 0.000000147. The van der Waals surface area contributed by atoms with Crippen molar-refractivity contribution in [3.63, 3.8) is 0 Å². The van der Waals surface area contributed by atoms with E-state index >= 15 is 0 Å². The molecule has 6 aromatic heterocycles. The molecule has 6 fully saturated rings. The molecule has 4 aromatic carbocycles. The van der Waals surface area contributed by atoms with Gasteiger partial charge in [0.15, 0.2) is 88.5 Å². The van der Waals surface area contributed by atoms with Crippen LogP contribution in [0.2, 0.25) is 0 Å². The number of carboxylic acid groups (broad SMARTS) is 2. The van der Waals surface area contributed by atoms with Crippen molar-refractivity contribution in [2.45, 2.75) is 119 Å². The molecule has 628 valence electrons. The second-order valence-electron chi connectivity index (χ2n) is 27.0. The number of amides is 6. The third-order valence-electron chi connectivity index (χ3n) is 18.7. The molecule has 6 unspecified atom stereocenters. The highest BCUT2D eigenvalue weighted by Gasteiger charge is 2.57. The molecule has 10 aromatic rings. The molecule has 6 aliphatic heterocycles. The molecule has 46 heteroatoms. The monoisotopic (exact) mass is 1700 g/mol. The third-order valence-corrected chi connectivity index (χ3v) is 22.4. The van der Waals surface area contributed by atoms with Crippen LogP contribution >= 0.6 is 22.8 Å². The number of hydrogen-bond donors (Lipinski definition) is 8. The van der Waals surface area contributed by atoms with Crippen LogP contribution in [0, 0.1) is 0 Å². The predicted octanol–water partition coefficient (Wildman–Crippen LogP) is 5.46. The summed E-state index contributed by atoms with van der Waals surface area (Å²) in [6, 6.07) is 35.5. The normalized spacial score (nSPS) is 25.6. The Hall–Kier alpha value is -10.9. The van der Waals surface area contributed by atoms with E-state index in [2.05, 4.69) is 76.8 Å². The smallest absolute Gasteiger partial charge is 0.320 e. The number of ether oxygens (including phenoxy) is 9. The molecule has 0 bridgehead atoms. The van der Waals surface area contributed by atoms with Crippen LogP contribution in [-0.2, 0) is 85.6 Å². The lowest BCUT2D eigenvalue weighted by molar-refractivity contribution is -0.206. The van der Waals surface area contributed by atoms with Crippen molar-refractivity contribution >= 4 is 110 Å². The molecule has 119 heavy (non-hydrogen) atoms. The van der Waals surface area contributed by atoms with E-state index in [1.165, 1.54) is 38.0 Å². The van der Waals surface area contributed by atoms with Gasteiger partial charge in [-0.25, -0.2) is 59.2 Å². The number of urea groups is 3. The number of carbonyl (C=O) groups excluding carboxylic acids is 3. The molecule has 6 aliphatic rings. The Morgan fingerprint density at radius 2 is 0.756 bits per heavy atom. The number of benzene rings is 4. The van der Waals surface area contributed by atoms with Gasteiger partial charge in [-0.15, -0.1) is 0 Å². The van der Waals surface area contributed by atoms with Gasteiger partial charge in [0.25, 0.3) is 0 Å². The fourth-order valence-corrected chi connectivity index (χ4v) is 16.4. The van der Waals surface area contributed by atoms with Gasteiger partial charge in [0.1, 0.15) is 109 Å². The van der Waals surface area contributed by atoms with Crippen molar-refractivity contribution in [2.75, 3.05) is 67.7 Å². The van der Waals surface area contributed by atoms with E-state index in [4.69, 9.17) is 66.4 Å². The molecule has 0 radical (unpaired) electrons. The molecule has 0 spiro atoms. The van der Waals surface area contributed by atoms with Gasteiger partial charge in [0, 0.05) is 36.9 Å². The number of fused-ring (bicyclic) bond motifs is 6. The number of nitrogens with zero attached hydrogens (tertiary/aromatic N) is 12. The molecular formula is C73H78N18O25P3-3.